The molecule has 102 valence electrons. The number of ether oxygens (including phenoxy) is 1. The van der Waals surface area contributed by atoms with E-state index in [1.807, 2.05) is 19.2 Å². The first kappa shape index (κ1) is 14.9. The van der Waals surface area contributed by atoms with Crippen LogP contribution >= 0.6 is 0 Å². The van der Waals surface area contributed by atoms with Gasteiger partial charge in [0.1, 0.15) is 0 Å². The van der Waals surface area contributed by atoms with E-state index >= 15 is 0 Å². The fourth-order valence-electron chi connectivity index (χ4n) is 2.13. The van der Waals surface area contributed by atoms with Gasteiger partial charge in [0.25, 0.3) is 0 Å². The fourth-order valence-corrected chi connectivity index (χ4v) is 2.13. The minimum Gasteiger partial charge on any atom is -0.398 e. The third kappa shape index (κ3) is 3.68. The summed E-state index contributed by atoms with van der Waals surface area (Å²) >= 11 is 0. The molecule has 3 N–H and O–H groups in total. The van der Waals surface area contributed by atoms with E-state index in [9.17, 15) is 0 Å². The van der Waals surface area contributed by atoms with Crippen LogP contribution in [0.15, 0.2) is 18.5 Å². The molecule has 0 aliphatic heterocycles. The van der Waals surface area contributed by atoms with Crippen LogP contribution in [0.25, 0.3) is 0 Å². The summed E-state index contributed by atoms with van der Waals surface area (Å²) in [6.07, 6.45) is 4.60. The number of hydrogen-bond donors (Lipinski definition) is 2. The first-order chi connectivity index (χ1) is 8.53. The highest BCUT2D eigenvalue weighted by molar-refractivity contribution is 5.47. The van der Waals surface area contributed by atoms with Crippen LogP contribution in [0.5, 0.6) is 0 Å². The van der Waals surface area contributed by atoms with Gasteiger partial charge in [-0.15, -0.1) is 0 Å². The van der Waals surface area contributed by atoms with Crippen molar-refractivity contribution in [1.82, 2.24) is 10.3 Å². The highest BCUT2D eigenvalue weighted by atomic mass is 16.5. The molecule has 0 radical (unpaired) electrons. The SMILES string of the molecule is CCCNC(c1cnccc1N)C(C)(C)OCC. The number of hydrogen-bond acceptors (Lipinski definition) is 4. The van der Waals surface area contributed by atoms with Crippen molar-refractivity contribution < 1.29 is 4.74 Å². The van der Waals surface area contributed by atoms with E-state index in [4.69, 9.17) is 10.5 Å². The second kappa shape index (κ2) is 6.71. The molecule has 0 amide bonds. The van der Waals surface area contributed by atoms with Crippen molar-refractivity contribution in [2.45, 2.75) is 45.8 Å². The number of nitrogens with zero attached hydrogens (tertiary/aromatic N) is 1. The molecule has 0 fully saturated rings. The van der Waals surface area contributed by atoms with Crippen molar-refractivity contribution in [3.8, 4) is 0 Å². The van der Waals surface area contributed by atoms with Gasteiger partial charge in [-0.1, -0.05) is 6.92 Å². The molecule has 18 heavy (non-hydrogen) atoms. The van der Waals surface area contributed by atoms with Crippen LogP contribution in [0.4, 0.5) is 5.69 Å². The second-order valence-corrected chi connectivity index (χ2v) is 4.93. The molecule has 1 atom stereocenters. The minimum atomic E-state index is -0.318. The average molecular weight is 251 g/mol. The zero-order valence-corrected chi connectivity index (χ0v) is 11.9. The van der Waals surface area contributed by atoms with Crippen LogP contribution in [0.3, 0.4) is 0 Å². The van der Waals surface area contributed by atoms with Crippen LogP contribution in [-0.4, -0.2) is 23.7 Å². The number of pyridine rings is 1. The van der Waals surface area contributed by atoms with Crippen molar-refractivity contribution in [3.05, 3.63) is 24.0 Å². The van der Waals surface area contributed by atoms with Crippen LogP contribution in [0.2, 0.25) is 0 Å². The number of nitrogens with two attached hydrogens (primary N) is 1. The number of anilines is 1. The summed E-state index contributed by atoms with van der Waals surface area (Å²) in [6, 6.07) is 1.88. The van der Waals surface area contributed by atoms with Gasteiger partial charge in [0.05, 0.1) is 11.6 Å². The van der Waals surface area contributed by atoms with Gasteiger partial charge < -0.3 is 15.8 Å². The normalized spacial score (nSPS) is 13.6. The van der Waals surface area contributed by atoms with Gasteiger partial charge in [0.2, 0.25) is 0 Å². The molecule has 0 bridgehead atoms. The molecule has 1 aromatic rings. The van der Waals surface area contributed by atoms with Crippen molar-refractivity contribution in [2.24, 2.45) is 0 Å². The lowest BCUT2D eigenvalue weighted by atomic mass is 9.91. The third-order valence-corrected chi connectivity index (χ3v) is 3.01. The Morgan fingerprint density at radius 2 is 2.17 bits per heavy atom. The van der Waals surface area contributed by atoms with Crippen molar-refractivity contribution in [2.75, 3.05) is 18.9 Å². The van der Waals surface area contributed by atoms with Gasteiger partial charge in [-0.05, 0) is 39.8 Å². The summed E-state index contributed by atoms with van der Waals surface area (Å²) in [6.45, 7) is 9.91. The lowest BCUT2D eigenvalue weighted by Crippen LogP contribution is -2.42. The standard InChI is InChI=1S/C14H25N3O/c1-5-8-17-13(14(3,4)18-6-2)11-10-16-9-7-12(11)15/h7,9-10,13,17H,5-6,8H2,1-4H3,(H2,15,16). The summed E-state index contributed by atoms with van der Waals surface area (Å²) in [5.41, 5.74) is 7.49. The quantitative estimate of drug-likeness (QED) is 0.781. The zero-order valence-electron chi connectivity index (χ0n) is 11.9. The minimum absolute atomic E-state index is 0.0473. The summed E-state index contributed by atoms with van der Waals surface area (Å²) < 4.78 is 5.85. The Balaban J connectivity index is 3.01. The average Bonchev–Trinajstić information content (AvgIpc) is 2.31. The fraction of sp³-hybridized carbons (Fsp3) is 0.643. The molecule has 1 unspecified atom stereocenters. The van der Waals surface area contributed by atoms with Crippen LogP contribution in [0, 0.1) is 0 Å². The number of aromatic nitrogens is 1. The first-order valence-electron chi connectivity index (χ1n) is 6.59. The summed E-state index contributed by atoms with van der Waals surface area (Å²) in [4.78, 5) is 4.17. The molecular formula is C14H25N3O. The molecule has 0 aliphatic rings. The summed E-state index contributed by atoms with van der Waals surface area (Å²) in [5.74, 6) is 0. The molecule has 4 nitrogen and oxygen atoms in total. The van der Waals surface area contributed by atoms with E-state index in [1.165, 1.54) is 0 Å². The number of nitrogen functional groups attached to an aromatic ring is 1. The Hall–Kier alpha value is -1.13. The van der Waals surface area contributed by atoms with Gasteiger partial charge in [-0.2, -0.15) is 0 Å². The smallest absolute Gasteiger partial charge is 0.0821 e. The number of nitrogens with one attached hydrogen (secondary N) is 1. The van der Waals surface area contributed by atoms with Gasteiger partial charge >= 0.3 is 0 Å². The zero-order chi connectivity index (χ0) is 13.6. The van der Waals surface area contributed by atoms with E-state index in [-0.39, 0.29) is 11.6 Å². The van der Waals surface area contributed by atoms with Crippen molar-refractivity contribution in [3.63, 3.8) is 0 Å². The largest absolute Gasteiger partial charge is 0.398 e. The second-order valence-electron chi connectivity index (χ2n) is 4.93. The topological polar surface area (TPSA) is 60.2 Å². The van der Waals surface area contributed by atoms with Crippen molar-refractivity contribution in [1.29, 1.82) is 0 Å². The molecule has 1 heterocycles. The molecule has 4 heteroatoms. The van der Waals surface area contributed by atoms with Crippen LogP contribution in [0.1, 0.15) is 45.7 Å². The van der Waals surface area contributed by atoms with Gasteiger partial charge in [0, 0.05) is 30.3 Å². The number of rotatable bonds is 7. The van der Waals surface area contributed by atoms with E-state index in [2.05, 4.69) is 31.1 Å². The molecule has 0 aromatic carbocycles. The van der Waals surface area contributed by atoms with Crippen molar-refractivity contribution >= 4 is 5.69 Å². The molecular weight excluding hydrogens is 226 g/mol. The van der Waals surface area contributed by atoms with E-state index in [1.54, 1.807) is 6.20 Å². The third-order valence-electron chi connectivity index (χ3n) is 3.01. The summed E-state index contributed by atoms with van der Waals surface area (Å²) in [7, 11) is 0. The highest BCUT2D eigenvalue weighted by Crippen LogP contribution is 2.31. The molecule has 1 aromatic heterocycles. The van der Waals surface area contributed by atoms with Gasteiger partial charge in [-0.25, -0.2) is 0 Å². The Bertz CT molecular complexity index is 366. The van der Waals surface area contributed by atoms with E-state index < -0.39 is 0 Å². The molecule has 0 spiro atoms. The van der Waals surface area contributed by atoms with Crippen LogP contribution < -0.4 is 11.1 Å². The summed E-state index contributed by atoms with van der Waals surface area (Å²) in [5, 5.41) is 3.51. The molecule has 1 rings (SSSR count). The Morgan fingerprint density at radius 1 is 1.44 bits per heavy atom. The maximum atomic E-state index is 6.05. The van der Waals surface area contributed by atoms with E-state index in [0.29, 0.717) is 6.61 Å². The predicted octanol–water partition coefficient (Wildman–Crippen LogP) is 2.52. The maximum Gasteiger partial charge on any atom is 0.0821 e. The maximum absolute atomic E-state index is 6.05. The molecule has 0 saturated carbocycles. The predicted molar refractivity (Wildman–Crippen MR) is 75.4 cm³/mol. The van der Waals surface area contributed by atoms with Gasteiger partial charge in [-0.3, -0.25) is 4.98 Å². The highest BCUT2D eigenvalue weighted by Gasteiger charge is 2.32. The monoisotopic (exact) mass is 251 g/mol. The first-order valence-corrected chi connectivity index (χ1v) is 6.59. The Labute approximate surface area is 110 Å². The van der Waals surface area contributed by atoms with E-state index in [0.717, 1.165) is 24.2 Å². The molecule has 0 aliphatic carbocycles. The molecule has 0 saturated heterocycles. The lowest BCUT2D eigenvalue weighted by molar-refractivity contribution is -0.0390. The van der Waals surface area contributed by atoms with Gasteiger partial charge in [0.15, 0.2) is 0 Å². The Kier molecular flexibility index (Phi) is 5.56. The van der Waals surface area contributed by atoms with Crippen LogP contribution in [-0.2, 0) is 4.74 Å². The lowest BCUT2D eigenvalue weighted by Gasteiger charge is -2.35. The Morgan fingerprint density at radius 3 is 2.72 bits per heavy atom.